The summed E-state index contributed by atoms with van der Waals surface area (Å²) in [6, 6.07) is 9.93. The van der Waals surface area contributed by atoms with Crippen LogP contribution in [0.2, 0.25) is 0 Å². The highest BCUT2D eigenvalue weighted by Crippen LogP contribution is 2.48. The number of amides is 1. The maximum Gasteiger partial charge on any atom is 0.329 e. The van der Waals surface area contributed by atoms with E-state index in [1.165, 1.54) is 4.90 Å². The Morgan fingerprint density at radius 1 is 1.30 bits per heavy atom. The molecular weight excluding hydrogens is 254 g/mol. The third-order valence-electron chi connectivity index (χ3n) is 4.12. The van der Waals surface area contributed by atoms with Crippen molar-refractivity contribution in [2.45, 2.75) is 38.6 Å². The SMILES string of the molecule is CCN(C(=O)C1CC1c1ccccc1)C(C)(C)C(=O)O. The zero-order valence-corrected chi connectivity index (χ0v) is 12.2. The van der Waals surface area contributed by atoms with E-state index in [9.17, 15) is 14.7 Å². The quantitative estimate of drug-likeness (QED) is 0.898. The zero-order chi connectivity index (χ0) is 14.9. The molecule has 0 saturated heterocycles. The monoisotopic (exact) mass is 275 g/mol. The van der Waals surface area contributed by atoms with E-state index in [0.29, 0.717) is 6.54 Å². The van der Waals surface area contributed by atoms with Crippen LogP contribution in [0.1, 0.15) is 38.7 Å². The van der Waals surface area contributed by atoms with Crippen molar-refractivity contribution in [3.63, 3.8) is 0 Å². The molecule has 108 valence electrons. The van der Waals surface area contributed by atoms with Gasteiger partial charge in [-0.3, -0.25) is 4.79 Å². The maximum atomic E-state index is 12.5. The number of benzene rings is 1. The van der Waals surface area contributed by atoms with Crippen molar-refractivity contribution in [1.82, 2.24) is 4.90 Å². The number of carboxylic acids is 1. The highest BCUT2D eigenvalue weighted by molar-refractivity contribution is 5.89. The van der Waals surface area contributed by atoms with E-state index in [0.717, 1.165) is 12.0 Å². The first kappa shape index (κ1) is 14.6. The Morgan fingerprint density at radius 3 is 2.40 bits per heavy atom. The standard InChI is InChI=1S/C16H21NO3/c1-4-17(16(2,3)15(19)20)14(18)13-10-12(13)11-8-6-5-7-9-11/h5-9,12-13H,4,10H2,1-3H3,(H,19,20). The normalized spacial score (nSPS) is 21.4. The number of carboxylic acid groups (broad SMARTS) is 1. The number of hydrogen-bond acceptors (Lipinski definition) is 2. The van der Waals surface area contributed by atoms with Crippen molar-refractivity contribution in [2.75, 3.05) is 6.54 Å². The molecule has 1 amide bonds. The van der Waals surface area contributed by atoms with Gasteiger partial charge in [0.15, 0.2) is 0 Å². The van der Waals surface area contributed by atoms with Crippen LogP contribution < -0.4 is 0 Å². The molecule has 4 heteroatoms. The fourth-order valence-electron chi connectivity index (χ4n) is 2.68. The third kappa shape index (κ3) is 2.55. The molecule has 0 heterocycles. The Bertz CT molecular complexity index is 510. The molecule has 1 aliphatic rings. The minimum absolute atomic E-state index is 0.0475. The van der Waals surface area contributed by atoms with Gasteiger partial charge in [-0.15, -0.1) is 0 Å². The smallest absolute Gasteiger partial charge is 0.329 e. The molecule has 1 aliphatic carbocycles. The van der Waals surface area contributed by atoms with Crippen LogP contribution >= 0.6 is 0 Å². The molecule has 0 spiro atoms. The first-order valence-electron chi connectivity index (χ1n) is 6.99. The largest absolute Gasteiger partial charge is 0.480 e. The highest BCUT2D eigenvalue weighted by Gasteiger charge is 2.49. The first-order chi connectivity index (χ1) is 9.39. The van der Waals surface area contributed by atoms with E-state index < -0.39 is 11.5 Å². The van der Waals surface area contributed by atoms with Gasteiger partial charge in [-0.1, -0.05) is 30.3 Å². The van der Waals surface area contributed by atoms with Gasteiger partial charge in [0, 0.05) is 12.5 Å². The Hall–Kier alpha value is -1.84. The summed E-state index contributed by atoms with van der Waals surface area (Å²) >= 11 is 0. The number of carbonyl (C=O) groups excluding carboxylic acids is 1. The molecule has 4 nitrogen and oxygen atoms in total. The molecule has 2 atom stereocenters. The van der Waals surface area contributed by atoms with Crippen molar-refractivity contribution in [2.24, 2.45) is 5.92 Å². The predicted molar refractivity (Wildman–Crippen MR) is 76.4 cm³/mol. The Kier molecular flexibility index (Phi) is 3.84. The van der Waals surface area contributed by atoms with E-state index in [1.54, 1.807) is 13.8 Å². The second kappa shape index (κ2) is 5.27. The van der Waals surface area contributed by atoms with Gasteiger partial charge >= 0.3 is 5.97 Å². The molecule has 0 aromatic heterocycles. The zero-order valence-electron chi connectivity index (χ0n) is 12.2. The number of likely N-dealkylation sites (N-methyl/N-ethyl adjacent to an activating group) is 1. The second-order valence-electron chi connectivity index (χ2n) is 5.81. The van der Waals surface area contributed by atoms with Crippen LogP contribution in [-0.4, -0.2) is 34.0 Å². The van der Waals surface area contributed by atoms with Crippen LogP contribution in [0, 0.1) is 5.92 Å². The number of rotatable bonds is 5. The summed E-state index contributed by atoms with van der Waals surface area (Å²) < 4.78 is 0. The Balaban J connectivity index is 2.11. The van der Waals surface area contributed by atoms with Crippen molar-refractivity contribution >= 4 is 11.9 Å². The van der Waals surface area contributed by atoms with Gasteiger partial charge in [-0.05, 0) is 38.7 Å². The summed E-state index contributed by atoms with van der Waals surface area (Å²) in [6.45, 7) is 5.39. The topological polar surface area (TPSA) is 57.6 Å². The lowest BCUT2D eigenvalue weighted by Gasteiger charge is -2.34. The summed E-state index contributed by atoms with van der Waals surface area (Å²) in [4.78, 5) is 25.3. The van der Waals surface area contributed by atoms with Gasteiger partial charge in [0.1, 0.15) is 5.54 Å². The summed E-state index contributed by atoms with van der Waals surface area (Å²) in [7, 11) is 0. The molecule has 0 aliphatic heterocycles. The van der Waals surface area contributed by atoms with Crippen LogP contribution in [0.15, 0.2) is 30.3 Å². The molecule has 20 heavy (non-hydrogen) atoms. The summed E-state index contributed by atoms with van der Waals surface area (Å²) in [5.74, 6) is -0.850. The fraction of sp³-hybridized carbons (Fsp3) is 0.500. The average molecular weight is 275 g/mol. The lowest BCUT2D eigenvalue weighted by Crippen LogP contribution is -2.53. The predicted octanol–water partition coefficient (Wildman–Crippen LogP) is 2.50. The lowest BCUT2D eigenvalue weighted by molar-refractivity contribution is -0.157. The molecule has 1 fully saturated rings. The van der Waals surface area contributed by atoms with Gasteiger partial charge < -0.3 is 10.0 Å². The van der Waals surface area contributed by atoms with E-state index in [4.69, 9.17) is 0 Å². The molecule has 2 rings (SSSR count). The summed E-state index contributed by atoms with van der Waals surface area (Å²) in [6.07, 6.45) is 0.815. The van der Waals surface area contributed by atoms with Gasteiger partial charge in [-0.2, -0.15) is 0 Å². The molecule has 1 saturated carbocycles. The number of carbonyl (C=O) groups is 2. The number of nitrogens with zero attached hydrogens (tertiary/aromatic N) is 1. The van der Waals surface area contributed by atoms with Crippen molar-refractivity contribution in [3.8, 4) is 0 Å². The van der Waals surface area contributed by atoms with Gasteiger partial charge in [0.2, 0.25) is 5.91 Å². The van der Waals surface area contributed by atoms with E-state index in [-0.39, 0.29) is 17.7 Å². The molecule has 0 bridgehead atoms. The molecule has 2 unspecified atom stereocenters. The minimum Gasteiger partial charge on any atom is -0.480 e. The summed E-state index contributed by atoms with van der Waals surface area (Å²) in [5.41, 5.74) is 0.00499. The molecule has 1 aromatic carbocycles. The van der Waals surface area contributed by atoms with Gasteiger partial charge in [0.25, 0.3) is 0 Å². The van der Waals surface area contributed by atoms with Crippen molar-refractivity contribution in [3.05, 3.63) is 35.9 Å². The van der Waals surface area contributed by atoms with E-state index in [2.05, 4.69) is 0 Å². The van der Waals surface area contributed by atoms with E-state index in [1.807, 2.05) is 37.3 Å². The first-order valence-corrected chi connectivity index (χ1v) is 6.99. The maximum absolute atomic E-state index is 12.5. The van der Waals surface area contributed by atoms with Crippen LogP contribution in [0.5, 0.6) is 0 Å². The molecular formula is C16H21NO3. The number of hydrogen-bond donors (Lipinski definition) is 1. The van der Waals surface area contributed by atoms with Gasteiger partial charge in [-0.25, -0.2) is 4.79 Å². The second-order valence-corrected chi connectivity index (χ2v) is 5.81. The lowest BCUT2D eigenvalue weighted by atomic mass is 10.0. The third-order valence-corrected chi connectivity index (χ3v) is 4.12. The van der Waals surface area contributed by atoms with Crippen molar-refractivity contribution < 1.29 is 14.7 Å². The molecule has 1 aromatic rings. The fourth-order valence-corrected chi connectivity index (χ4v) is 2.68. The van der Waals surface area contributed by atoms with Gasteiger partial charge in [0.05, 0.1) is 0 Å². The van der Waals surface area contributed by atoms with Crippen LogP contribution in [-0.2, 0) is 9.59 Å². The highest BCUT2D eigenvalue weighted by atomic mass is 16.4. The summed E-state index contributed by atoms with van der Waals surface area (Å²) in [5, 5.41) is 9.28. The van der Waals surface area contributed by atoms with Crippen LogP contribution in [0.3, 0.4) is 0 Å². The Labute approximate surface area is 119 Å². The van der Waals surface area contributed by atoms with Crippen LogP contribution in [0.25, 0.3) is 0 Å². The average Bonchev–Trinajstić information content (AvgIpc) is 3.20. The van der Waals surface area contributed by atoms with Crippen molar-refractivity contribution in [1.29, 1.82) is 0 Å². The Morgan fingerprint density at radius 2 is 1.90 bits per heavy atom. The molecule has 1 N–H and O–H groups in total. The molecule has 0 radical (unpaired) electrons. The van der Waals surface area contributed by atoms with Crippen LogP contribution in [0.4, 0.5) is 0 Å². The minimum atomic E-state index is -1.16. The number of aliphatic carboxylic acids is 1. The van der Waals surface area contributed by atoms with E-state index >= 15 is 0 Å².